The summed E-state index contributed by atoms with van der Waals surface area (Å²) in [4.78, 5) is 26.2. The van der Waals surface area contributed by atoms with E-state index < -0.39 is 18.2 Å². The van der Waals surface area contributed by atoms with E-state index in [0.717, 1.165) is 51.4 Å². The molecule has 0 radical (unpaired) electrons. The summed E-state index contributed by atoms with van der Waals surface area (Å²) in [5.74, 6) is -0.459. The molecule has 0 aromatic carbocycles. The van der Waals surface area contributed by atoms with Gasteiger partial charge < -0.3 is 20.3 Å². The second-order valence-corrected chi connectivity index (χ2v) is 19.7. The molecule has 378 valence electrons. The number of rotatable bonds is 52. The van der Waals surface area contributed by atoms with Crippen LogP contribution in [0.1, 0.15) is 310 Å². The Labute approximate surface area is 399 Å². The van der Waals surface area contributed by atoms with Crippen molar-refractivity contribution in [1.29, 1.82) is 0 Å². The van der Waals surface area contributed by atoms with E-state index in [0.29, 0.717) is 19.3 Å². The molecule has 3 N–H and O–H groups in total. The fraction of sp³-hybridized carbons (Fsp3) is 0.897. The molecule has 0 aliphatic rings. The lowest BCUT2D eigenvalue weighted by atomic mass is 10.0. The number of amides is 1. The quantitative estimate of drug-likeness (QED) is 0.0321. The molecule has 0 heterocycles. The standard InChI is InChI=1S/C58H111NO5/c1-4-7-10-13-16-19-22-24-26-28-29-30-32-34-36-39-42-45-48-51-58(63)64-54(49-46-43-40-37-35-33-31-27-25-23-20-17-14-11-8-5-2)52-57(62)59-55(53-60)56(61)50-47-44-41-38-21-18-15-12-9-6-3/h16,19,24,26,54-56,60-61H,4-15,17-18,20-23,25,27-53H2,1-3H3,(H,59,62)/b19-16-,26-24-. The SMILES string of the molecule is CCCCC/C=C\C/C=C\CCCCCCCCCCCC(=O)OC(CCCCCCCCCCCCCCCCCC)CC(=O)NC(CO)C(O)CCCCCCCCCCCC. The largest absolute Gasteiger partial charge is 0.462 e. The average Bonchev–Trinajstić information content (AvgIpc) is 3.29. The fourth-order valence-corrected chi connectivity index (χ4v) is 8.93. The van der Waals surface area contributed by atoms with Crippen molar-refractivity contribution in [3.05, 3.63) is 24.3 Å². The van der Waals surface area contributed by atoms with Gasteiger partial charge >= 0.3 is 5.97 Å². The first kappa shape index (κ1) is 62.3. The predicted molar refractivity (Wildman–Crippen MR) is 278 cm³/mol. The molecule has 0 aliphatic carbocycles. The smallest absolute Gasteiger partial charge is 0.306 e. The molecular weight excluding hydrogens is 791 g/mol. The number of hydrogen-bond acceptors (Lipinski definition) is 5. The highest BCUT2D eigenvalue weighted by Crippen LogP contribution is 2.19. The van der Waals surface area contributed by atoms with Crippen molar-refractivity contribution in [1.82, 2.24) is 5.32 Å². The summed E-state index contributed by atoms with van der Waals surface area (Å²) in [6.07, 6.45) is 61.0. The second-order valence-electron chi connectivity index (χ2n) is 19.7. The third kappa shape index (κ3) is 46.9. The number of nitrogens with one attached hydrogen (secondary N) is 1. The van der Waals surface area contributed by atoms with Crippen molar-refractivity contribution in [2.75, 3.05) is 6.61 Å². The van der Waals surface area contributed by atoms with Crippen LogP contribution in [-0.2, 0) is 14.3 Å². The van der Waals surface area contributed by atoms with Gasteiger partial charge in [0, 0.05) is 6.42 Å². The summed E-state index contributed by atoms with van der Waals surface area (Å²) in [6.45, 7) is 6.48. The number of aliphatic hydroxyl groups is 2. The zero-order valence-electron chi connectivity index (χ0n) is 43.2. The molecule has 6 nitrogen and oxygen atoms in total. The Balaban J connectivity index is 4.50. The highest BCUT2D eigenvalue weighted by molar-refractivity contribution is 5.77. The molecule has 0 saturated heterocycles. The highest BCUT2D eigenvalue weighted by atomic mass is 16.5. The molecule has 3 unspecified atom stereocenters. The van der Waals surface area contributed by atoms with Gasteiger partial charge in [0.1, 0.15) is 6.10 Å². The van der Waals surface area contributed by atoms with Crippen LogP contribution < -0.4 is 5.32 Å². The number of aliphatic hydroxyl groups excluding tert-OH is 2. The molecule has 0 rings (SSSR count). The molecule has 0 bridgehead atoms. The Bertz CT molecular complexity index is 1010. The van der Waals surface area contributed by atoms with Gasteiger partial charge in [-0.3, -0.25) is 9.59 Å². The van der Waals surface area contributed by atoms with Crippen LogP contribution in [-0.4, -0.2) is 46.9 Å². The Hall–Kier alpha value is -1.66. The molecule has 6 heteroatoms. The first-order valence-electron chi connectivity index (χ1n) is 28.6. The van der Waals surface area contributed by atoms with Crippen molar-refractivity contribution in [2.45, 2.75) is 328 Å². The van der Waals surface area contributed by atoms with Crippen molar-refractivity contribution >= 4 is 11.9 Å². The predicted octanol–water partition coefficient (Wildman–Crippen LogP) is 17.5. The Morgan fingerprint density at radius 1 is 0.453 bits per heavy atom. The fourth-order valence-electron chi connectivity index (χ4n) is 8.93. The van der Waals surface area contributed by atoms with Gasteiger partial charge in [-0.05, 0) is 57.8 Å². The Kier molecular flexibility index (Phi) is 51.0. The molecule has 0 saturated carbocycles. The lowest BCUT2D eigenvalue weighted by Gasteiger charge is -2.24. The number of allylic oxidation sites excluding steroid dienone is 4. The van der Waals surface area contributed by atoms with Crippen LogP contribution in [0.25, 0.3) is 0 Å². The first-order chi connectivity index (χ1) is 31.5. The lowest BCUT2D eigenvalue weighted by Crippen LogP contribution is -2.46. The van der Waals surface area contributed by atoms with Gasteiger partial charge in [0.15, 0.2) is 0 Å². The highest BCUT2D eigenvalue weighted by Gasteiger charge is 2.24. The van der Waals surface area contributed by atoms with Crippen LogP contribution in [0.15, 0.2) is 24.3 Å². The van der Waals surface area contributed by atoms with Crippen LogP contribution in [0.3, 0.4) is 0 Å². The van der Waals surface area contributed by atoms with Crippen LogP contribution >= 0.6 is 0 Å². The van der Waals surface area contributed by atoms with Crippen LogP contribution in [0.2, 0.25) is 0 Å². The number of carbonyl (C=O) groups is 2. The molecule has 3 atom stereocenters. The van der Waals surface area contributed by atoms with E-state index in [1.807, 2.05) is 0 Å². The molecule has 0 aliphatic heterocycles. The van der Waals surface area contributed by atoms with Crippen molar-refractivity contribution < 1.29 is 24.5 Å². The molecule has 0 fully saturated rings. The molecule has 1 amide bonds. The minimum absolute atomic E-state index is 0.0821. The number of hydrogen-bond donors (Lipinski definition) is 3. The van der Waals surface area contributed by atoms with Crippen molar-refractivity contribution in [2.24, 2.45) is 0 Å². The monoisotopic (exact) mass is 902 g/mol. The van der Waals surface area contributed by atoms with Gasteiger partial charge in [-0.25, -0.2) is 0 Å². The summed E-state index contributed by atoms with van der Waals surface area (Å²) >= 11 is 0. The maximum atomic E-state index is 13.2. The molecule has 0 spiro atoms. The molecule has 64 heavy (non-hydrogen) atoms. The minimum atomic E-state index is -0.783. The third-order valence-electron chi connectivity index (χ3n) is 13.3. The van der Waals surface area contributed by atoms with Crippen LogP contribution in [0.4, 0.5) is 0 Å². The van der Waals surface area contributed by atoms with E-state index in [2.05, 4.69) is 50.4 Å². The van der Waals surface area contributed by atoms with Crippen molar-refractivity contribution in [3.8, 4) is 0 Å². The van der Waals surface area contributed by atoms with E-state index in [-0.39, 0.29) is 24.9 Å². The maximum absolute atomic E-state index is 13.2. The summed E-state index contributed by atoms with van der Waals surface area (Å²) in [5.41, 5.74) is 0. The summed E-state index contributed by atoms with van der Waals surface area (Å²) in [7, 11) is 0. The summed E-state index contributed by atoms with van der Waals surface area (Å²) in [5, 5.41) is 23.8. The topological polar surface area (TPSA) is 95.9 Å². The first-order valence-corrected chi connectivity index (χ1v) is 28.6. The van der Waals surface area contributed by atoms with Crippen molar-refractivity contribution in [3.63, 3.8) is 0 Å². The minimum Gasteiger partial charge on any atom is -0.462 e. The third-order valence-corrected chi connectivity index (χ3v) is 13.3. The maximum Gasteiger partial charge on any atom is 0.306 e. The zero-order chi connectivity index (χ0) is 46.7. The number of unbranched alkanes of at least 4 members (excludes halogenated alkanes) is 36. The van der Waals surface area contributed by atoms with Crippen LogP contribution in [0.5, 0.6) is 0 Å². The Morgan fingerprint density at radius 2 is 0.797 bits per heavy atom. The van der Waals surface area contributed by atoms with E-state index in [1.165, 1.54) is 212 Å². The summed E-state index contributed by atoms with van der Waals surface area (Å²) < 4.78 is 5.96. The van der Waals surface area contributed by atoms with E-state index in [1.54, 1.807) is 0 Å². The summed E-state index contributed by atoms with van der Waals surface area (Å²) in [6, 6.07) is -0.697. The van der Waals surface area contributed by atoms with Gasteiger partial charge in [-0.2, -0.15) is 0 Å². The number of ether oxygens (including phenoxy) is 1. The van der Waals surface area contributed by atoms with E-state index in [4.69, 9.17) is 4.74 Å². The van der Waals surface area contributed by atoms with Gasteiger partial charge in [0.2, 0.25) is 5.91 Å². The number of carbonyl (C=O) groups excluding carboxylic acids is 2. The lowest BCUT2D eigenvalue weighted by molar-refractivity contribution is -0.151. The van der Waals surface area contributed by atoms with Gasteiger partial charge in [0.05, 0.1) is 25.2 Å². The second kappa shape index (κ2) is 52.3. The molecule has 0 aromatic heterocycles. The molecular formula is C58H111NO5. The van der Waals surface area contributed by atoms with Crippen LogP contribution in [0, 0.1) is 0 Å². The van der Waals surface area contributed by atoms with E-state index in [9.17, 15) is 19.8 Å². The number of esters is 1. The molecule has 0 aromatic rings. The van der Waals surface area contributed by atoms with Gasteiger partial charge in [-0.15, -0.1) is 0 Å². The zero-order valence-corrected chi connectivity index (χ0v) is 43.2. The normalized spacial score (nSPS) is 13.3. The van der Waals surface area contributed by atoms with Gasteiger partial charge in [0.25, 0.3) is 0 Å². The Morgan fingerprint density at radius 3 is 1.22 bits per heavy atom. The van der Waals surface area contributed by atoms with Gasteiger partial charge in [-0.1, -0.05) is 263 Å². The average molecular weight is 903 g/mol. The van der Waals surface area contributed by atoms with E-state index >= 15 is 0 Å².